The molecule has 2 aromatic rings. The highest BCUT2D eigenvalue weighted by atomic mass is 16.5. The van der Waals surface area contributed by atoms with Gasteiger partial charge in [0.25, 0.3) is 5.91 Å². The van der Waals surface area contributed by atoms with Crippen molar-refractivity contribution in [3.63, 3.8) is 0 Å². The van der Waals surface area contributed by atoms with Crippen molar-refractivity contribution in [1.29, 1.82) is 0 Å². The Kier molecular flexibility index (Phi) is 5.89. The summed E-state index contributed by atoms with van der Waals surface area (Å²) in [6.45, 7) is 1.86. The van der Waals surface area contributed by atoms with Gasteiger partial charge in [-0.15, -0.1) is 0 Å². The van der Waals surface area contributed by atoms with Crippen LogP contribution in [0.3, 0.4) is 0 Å². The lowest BCUT2D eigenvalue weighted by atomic mass is 9.98. The lowest BCUT2D eigenvalue weighted by molar-refractivity contribution is -0.141. The van der Waals surface area contributed by atoms with E-state index in [-0.39, 0.29) is 18.9 Å². The zero-order valence-corrected chi connectivity index (χ0v) is 13.7. The molecule has 0 aliphatic carbocycles. The van der Waals surface area contributed by atoms with Crippen LogP contribution in [0.5, 0.6) is 5.75 Å². The van der Waals surface area contributed by atoms with Crippen molar-refractivity contribution in [2.75, 3.05) is 13.7 Å². The highest BCUT2D eigenvalue weighted by Gasteiger charge is 2.21. The first-order chi connectivity index (χ1) is 11.5. The number of rotatable bonds is 7. The van der Waals surface area contributed by atoms with Gasteiger partial charge in [-0.25, -0.2) is 0 Å². The minimum Gasteiger partial charge on any atom is -0.496 e. The van der Waals surface area contributed by atoms with Gasteiger partial charge >= 0.3 is 5.97 Å². The first-order valence-electron chi connectivity index (χ1n) is 7.57. The second-order valence-corrected chi connectivity index (χ2v) is 5.45. The molecule has 6 nitrogen and oxygen atoms in total. The molecular weight excluding hydrogens is 308 g/mol. The molecule has 0 fully saturated rings. The first kappa shape index (κ1) is 17.5. The lowest BCUT2D eigenvalue weighted by Crippen LogP contribution is -2.34. The van der Waals surface area contributed by atoms with Gasteiger partial charge in [0.05, 0.1) is 18.6 Å². The van der Waals surface area contributed by atoms with E-state index in [4.69, 9.17) is 4.74 Å². The SMILES string of the molecule is COc1ccccc1CC(CNC(=O)c1ccc(C)nc1)C(=O)O. The summed E-state index contributed by atoms with van der Waals surface area (Å²) in [5, 5.41) is 12.1. The minimum absolute atomic E-state index is 0.0279. The van der Waals surface area contributed by atoms with Crippen molar-refractivity contribution in [3.8, 4) is 5.75 Å². The Bertz CT molecular complexity index is 713. The third-order valence-corrected chi connectivity index (χ3v) is 3.69. The molecule has 0 aliphatic rings. The Morgan fingerprint density at radius 2 is 2.00 bits per heavy atom. The van der Waals surface area contributed by atoms with Crippen molar-refractivity contribution in [3.05, 3.63) is 59.4 Å². The fraction of sp³-hybridized carbons (Fsp3) is 0.278. The number of para-hydroxylation sites is 1. The number of ether oxygens (including phenoxy) is 1. The standard InChI is InChI=1S/C18H20N2O4/c1-12-7-8-14(10-19-12)17(21)20-11-15(18(22)23)9-13-5-3-4-6-16(13)24-2/h3-8,10,15H,9,11H2,1-2H3,(H,20,21)(H,22,23). The molecule has 2 N–H and O–H groups in total. The largest absolute Gasteiger partial charge is 0.496 e. The maximum Gasteiger partial charge on any atom is 0.308 e. The van der Waals surface area contributed by atoms with Gasteiger partial charge in [-0.3, -0.25) is 14.6 Å². The number of carbonyl (C=O) groups excluding carboxylic acids is 1. The Morgan fingerprint density at radius 3 is 2.62 bits per heavy atom. The zero-order chi connectivity index (χ0) is 17.5. The van der Waals surface area contributed by atoms with Crippen LogP contribution in [-0.4, -0.2) is 35.6 Å². The van der Waals surface area contributed by atoms with Crippen LogP contribution in [0.25, 0.3) is 0 Å². The summed E-state index contributed by atoms with van der Waals surface area (Å²) in [6.07, 6.45) is 1.74. The molecule has 2 rings (SSSR count). The fourth-order valence-corrected chi connectivity index (χ4v) is 2.30. The van der Waals surface area contributed by atoms with Crippen LogP contribution >= 0.6 is 0 Å². The summed E-state index contributed by atoms with van der Waals surface area (Å²) in [5.41, 5.74) is 2.01. The van der Waals surface area contributed by atoms with Gasteiger partial charge in [0.2, 0.25) is 0 Å². The predicted octanol–water partition coefficient (Wildman–Crippen LogP) is 2.07. The number of carbonyl (C=O) groups is 2. The first-order valence-corrected chi connectivity index (χ1v) is 7.57. The van der Waals surface area contributed by atoms with Crippen LogP contribution in [-0.2, 0) is 11.2 Å². The molecule has 0 spiro atoms. The normalized spacial score (nSPS) is 11.6. The fourth-order valence-electron chi connectivity index (χ4n) is 2.30. The molecule has 1 amide bonds. The molecule has 0 aliphatic heterocycles. The highest BCUT2D eigenvalue weighted by Crippen LogP contribution is 2.21. The molecule has 0 saturated carbocycles. The maximum absolute atomic E-state index is 12.1. The summed E-state index contributed by atoms with van der Waals surface area (Å²) in [6, 6.07) is 10.6. The number of hydrogen-bond acceptors (Lipinski definition) is 4. The van der Waals surface area contributed by atoms with Crippen molar-refractivity contribution in [2.24, 2.45) is 5.92 Å². The molecule has 1 aromatic carbocycles. The summed E-state index contributed by atoms with van der Waals surface area (Å²) < 4.78 is 5.24. The summed E-state index contributed by atoms with van der Waals surface area (Å²) >= 11 is 0. The van der Waals surface area contributed by atoms with E-state index >= 15 is 0 Å². The van der Waals surface area contributed by atoms with Gasteiger partial charge in [-0.2, -0.15) is 0 Å². The van der Waals surface area contributed by atoms with Crippen LogP contribution in [0.2, 0.25) is 0 Å². The average molecular weight is 328 g/mol. The predicted molar refractivity (Wildman–Crippen MR) is 89.1 cm³/mol. The number of aliphatic carboxylic acids is 1. The second kappa shape index (κ2) is 8.10. The number of aromatic nitrogens is 1. The van der Waals surface area contributed by atoms with E-state index in [0.717, 1.165) is 11.3 Å². The number of carboxylic acid groups (broad SMARTS) is 1. The third kappa shape index (κ3) is 4.55. The number of nitrogens with zero attached hydrogens (tertiary/aromatic N) is 1. The molecule has 0 saturated heterocycles. The van der Waals surface area contributed by atoms with E-state index in [2.05, 4.69) is 10.3 Å². The Balaban J connectivity index is 2.02. The van der Waals surface area contributed by atoms with E-state index in [1.165, 1.54) is 6.20 Å². The molecule has 1 heterocycles. The number of pyridine rings is 1. The van der Waals surface area contributed by atoms with Gasteiger partial charge in [-0.1, -0.05) is 18.2 Å². The quantitative estimate of drug-likeness (QED) is 0.812. The number of methoxy groups -OCH3 is 1. The van der Waals surface area contributed by atoms with Gasteiger partial charge < -0.3 is 15.2 Å². The number of nitrogens with one attached hydrogen (secondary N) is 1. The van der Waals surface area contributed by atoms with Gasteiger partial charge in [0, 0.05) is 18.4 Å². The maximum atomic E-state index is 12.1. The summed E-state index contributed by atoms with van der Waals surface area (Å²) in [5.74, 6) is -1.42. The van der Waals surface area contributed by atoms with E-state index in [1.807, 2.05) is 25.1 Å². The molecule has 1 unspecified atom stereocenters. The minimum atomic E-state index is -0.969. The van der Waals surface area contributed by atoms with Crippen molar-refractivity contribution >= 4 is 11.9 Å². The number of carboxylic acids is 1. The number of amides is 1. The smallest absolute Gasteiger partial charge is 0.308 e. The number of benzene rings is 1. The van der Waals surface area contributed by atoms with E-state index in [1.54, 1.807) is 25.3 Å². The van der Waals surface area contributed by atoms with E-state index in [0.29, 0.717) is 11.3 Å². The van der Waals surface area contributed by atoms with Crippen LogP contribution in [0.1, 0.15) is 21.6 Å². The van der Waals surface area contributed by atoms with Crippen molar-refractivity contribution in [2.45, 2.75) is 13.3 Å². The topological polar surface area (TPSA) is 88.5 Å². The molecule has 0 radical (unpaired) electrons. The van der Waals surface area contributed by atoms with Crippen LogP contribution in [0.15, 0.2) is 42.6 Å². The van der Waals surface area contributed by atoms with Crippen LogP contribution < -0.4 is 10.1 Å². The lowest BCUT2D eigenvalue weighted by Gasteiger charge is -2.15. The van der Waals surface area contributed by atoms with E-state index < -0.39 is 11.9 Å². The number of hydrogen-bond donors (Lipinski definition) is 2. The Labute approximate surface area is 140 Å². The molecule has 6 heteroatoms. The zero-order valence-electron chi connectivity index (χ0n) is 13.7. The molecular formula is C18H20N2O4. The summed E-state index contributed by atoms with van der Waals surface area (Å²) in [7, 11) is 1.54. The van der Waals surface area contributed by atoms with Crippen molar-refractivity contribution < 1.29 is 19.4 Å². The molecule has 1 atom stereocenters. The van der Waals surface area contributed by atoms with Gasteiger partial charge in [0.15, 0.2) is 0 Å². The third-order valence-electron chi connectivity index (χ3n) is 3.69. The average Bonchev–Trinajstić information content (AvgIpc) is 2.59. The second-order valence-electron chi connectivity index (χ2n) is 5.45. The Hall–Kier alpha value is -2.89. The van der Waals surface area contributed by atoms with Crippen LogP contribution in [0.4, 0.5) is 0 Å². The highest BCUT2D eigenvalue weighted by molar-refractivity contribution is 5.94. The van der Waals surface area contributed by atoms with E-state index in [9.17, 15) is 14.7 Å². The molecule has 0 bridgehead atoms. The molecule has 126 valence electrons. The number of aryl methyl sites for hydroxylation is 1. The van der Waals surface area contributed by atoms with Gasteiger partial charge in [0.1, 0.15) is 5.75 Å². The Morgan fingerprint density at radius 1 is 1.25 bits per heavy atom. The summed E-state index contributed by atoms with van der Waals surface area (Å²) in [4.78, 5) is 27.6. The van der Waals surface area contributed by atoms with Gasteiger partial charge in [-0.05, 0) is 37.1 Å². The van der Waals surface area contributed by atoms with Crippen LogP contribution in [0, 0.1) is 12.8 Å². The van der Waals surface area contributed by atoms with Crippen molar-refractivity contribution in [1.82, 2.24) is 10.3 Å². The molecule has 24 heavy (non-hydrogen) atoms. The molecule has 1 aromatic heterocycles. The monoisotopic (exact) mass is 328 g/mol.